The molecule has 0 saturated carbocycles. The zero-order valence-corrected chi connectivity index (χ0v) is 12.3. The number of nitrogens with one attached hydrogen (secondary N) is 1. The fourth-order valence-electron chi connectivity index (χ4n) is 0.953. The van der Waals surface area contributed by atoms with Gasteiger partial charge in [0.1, 0.15) is 0 Å². The lowest BCUT2D eigenvalue weighted by molar-refractivity contribution is 0.589. The summed E-state index contributed by atoms with van der Waals surface area (Å²) in [6.07, 6.45) is 0. The average Bonchev–Trinajstić information content (AvgIpc) is 2.21. The fraction of sp³-hybridized carbons (Fsp3) is 0.333. The van der Waals surface area contributed by atoms with E-state index in [1.807, 2.05) is 0 Å². The second kappa shape index (κ2) is 5.52. The molecule has 0 aliphatic carbocycles. The van der Waals surface area contributed by atoms with Gasteiger partial charge in [-0.3, -0.25) is 4.72 Å². The normalized spacial score (nSPS) is 13.5. The number of benzene rings is 1. The van der Waals surface area contributed by atoms with Crippen LogP contribution in [0, 0.1) is 3.57 Å². The summed E-state index contributed by atoms with van der Waals surface area (Å²) in [6.45, 7) is 1.61. The van der Waals surface area contributed by atoms with Crippen LogP contribution in [-0.4, -0.2) is 20.2 Å². The molecule has 0 radical (unpaired) electrons. The van der Waals surface area contributed by atoms with Crippen LogP contribution in [0.4, 0.5) is 5.69 Å². The van der Waals surface area contributed by atoms with E-state index >= 15 is 0 Å². The van der Waals surface area contributed by atoms with Crippen LogP contribution in [0.15, 0.2) is 18.2 Å². The summed E-state index contributed by atoms with van der Waals surface area (Å²) in [5, 5.41) is -0.275. The highest BCUT2D eigenvalue weighted by atomic mass is 127. The average molecular weight is 375 g/mol. The molecule has 4 nitrogen and oxygen atoms in total. The minimum atomic E-state index is -3.46. The molecule has 0 amide bonds. The molecule has 7 heteroatoms. The molecule has 0 fully saturated rings. The first-order chi connectivity index (χ1) is 7.36. The van der Waals surface area contributed by atoms with Crippen LogP contribution >= 0.6 is 34.2 Å². The van der Waals surface area contributed by atoms with Crippen LogP contribution in [0.5, 0.6) is 0 Å². The zero-order valence-electron chi connectivity index (χ0n) is 8.57. The van der Waals surface area contributed by atoms with Gasteiger partial charge in [0.25, 0.3) is 0 Å². The van der Waals surface area contributed by atoms with E-state index < -0.39 is 15.3 Å². The number of nitrogens with two attached hydrogens (primary N) is 1. The van der Waals surface area contributed by atoms with Crippen LogP contribution in [0.1, 0.15) is 6.92 Å². The molecule has 0 saturated heterocycles. The fourth-order valence-corrected chi connectivity index (χ4v) is 2.85. The second-order valence-electron chi connectivity index (χ2n) is 3.32. The standard InChI is InChI=1S/C9H12ClIN2O2S/c1-6(5-12)16(14,15)13-9-3-2-7(11)4-8(9)10/h2-4,6,13H,5,12H2,1H3. The summed E-state index contributed by atoms with van der Waals surface area (Å²) < 4.78 is 26.8. The Morgan fingerprint density at radius 3 is 2.69 bits per heavy atom. The van der Waals surface area contributed by atoms with E-state index in [1.165, 1.54) is 0 Å². The smallest absolute Gasteiger partial charge is 0.236 e. The predicted molar refractivity (Wildman–Crippen MR) is 75.2 cm³/mol. The Bertz CT molecular complexity index is 478. The molecule has 0 bridgehead atoms. The number of hydrogen-bond donors (Lipinski definition) is 2. The first kappa shape index (κ1) is 14.0. The van der Waals surface area contributed by atoms with Gasteiger partial charge in [-0.05, 0) is 47.7 Å². The third kappa shape index (κ3) is 3.47. The van der Waals surface area contributed by atoms with Crippen LogP contribution in [-0.2, 0) is 10.0 Å². The first-order valence-corrected chi connectivity index (χ1v) is 7.54. The lowest BCUT2D eigenvalue weighted by atomic mass is 10.3. The summed E-state index contributed by atoms with van der Waals surface area (Å²) in [5.74, 6) is 0. The molecule has 1 aromatic rings. The van der Waals surface area contributed by atoms with E-state index in [0.717, 1.165) is 3.57 Å². The van der Waals surface area contributed by atoms with Crippen molar-refractivity contribution in [3.05, 3.63) is 26.8 Å². The van der Waals surface area contributed by atoms with E-state index in [-0.39, 0.29) is 6.54 Å². The highest BCUT2D eigenvalue weighted by Crippen LogP contribution is 2.25. The van der Waals surface area contributed by atoms with Crippen LogP contribution < -0.4 is 10.5 Å². The molecule has 1 rings (SSSR count). The minimum absolute atomic E-state index is 0.0668. The zero-order chi connectivity index (χ0) is 12.3. The number of anilines is 1. The topological polar surface area (TPSA) is 72.2 Å². The van der Waals surface area contributed by atoms with Gasteiger partial charge in [0.15, 0.2) is 0 Å². The SMILES string of the molecule is CC(CN)S(=O)(=O)Nc1ccc(I)cc1Cl. The number of halogens is 2. The van der Waals surface area contributed by atoms with Crippen molar-refractivity contribution in [1.29, 1.82) is 0 Å². The maximum Gasteiger partial charge on any atom is 0.236 e. The van der Waals surface area contributed by atoms with Crippen molar-refractivity contribution in [1.82, 2.24) is 0 Å². The van der Waals surface area contributed by atoms with E-state index in [9.17, 15) is 8.42 Å². The van der Waals surface area contributed by atoms with Crippen LogP contribution in [0.3, 0.4) is 0 Å². The minimum Gasteiger partial charge on any atom is -0.329 e. The summed E-state index contributed by atoms with van der Waals surface area (Å²) >= 11 is 8.02. The maximum absolute atomic E-state index is 11.7. The molecule has 1 atom stereocenters. The monoisotopic (exact) mass is 374 g/mol. The second-order valence-corrected chi connectivity index (χ2v) is 7.07. The van der Waals surface area contributed by atoms with Crippen molar-refractivity contribution in [2.45, 2.75) is 12.2 Å². The van der Waals surface area contributed by atoms with Gasteiger partial charge < -0.3 is 5.73 Å². The Morgan fingerprint density at radius 1 is 1.56 bits per heavy atom. The Kier molecular flexibility index (Phi) is 4.84. The van der Waals surface area contributed by atoms with Crippen molar-refractivity contribution in [2.24, 2.45) is 5.73 Å². The largest absolute Gasteiger partial charge is 0.329 e. The van der Waals surface area contributed by atoms with Gasteiger partial charge in [-0.2, -0.15) is 0 Å². The van der Waals surface area contributed by atoms with Gasteiger partial charge in [0.05, 0.1) is 16.0 Å². The highest BCUT2D eigenvalue weighted by molar-refractivity contribution is 14.1. The lowest BCUT2D eigenvalue weighted by Crippen LogP contribution is -2.31. The van der Waals surface area contributed by atoms with E-state index in [0.29, 0.717) is 10.7 Å². The first-order valence-electron chi connectivity index (χ1n) is 4.53. The van der Waals surface area contributed by atoms with Crippen molar-refractivity contribution in [2.75, 3.05) is 11.3 Å². The molecule has 0 aromatic heterocycles. The molecule has 0 heterocycles. The quantitative estimate of drug-likeness (QED) is 0.792. The molecule has 0 spiro atoms. The predicted octanol–water partition coefficient (Wildman–Crippen LogP) is 2.03. The van der Waals surface area contributed by atoms with Crippen molar-refractivity contribution in [3.63, 3.8) is 0 Å². The van der Waals surface area contributed by atoms with E-state index in [2.05, 4.69) is 27.3 Å². The Hall–Kier alpha value is -0.0500. The van der Waals surface area contributed by atoms with Gasteiger partial charge in [0.2, 0.25) is 10.0 Å². The molecule has 0 aliphatic rings. The molecular weight excluding hydrogens is 363 g/mol. The summed E-state index contributed by atoms with van der Waals surface area (Å²) in [6, 6.07) is 5.09. The molecule has 16 heavy (non-hydrogen) atoms. The third-order valence-corrected chi connectivity index (χ3v) is 4.79. The van der Waals surface area contributed by atoms with E-state index in [1.54, 1.807) is 25.1 Å². The van der Waals surface area contributed by atoms with Crippen LogP contribution in [0.2, 0.25) is 5.02 Å². The molecule has 1 unspecified atom stereocenters. The molecule has 90 valence electrons. The van der Waals surface area contributed by atoms with E-state index in [4.69, 9.17) is 17.3 Å². The number of sulfonamides is 1. The van der Waals surface area contributed by atoms with Crippen molar-refractivity contribution in [3.8, 4) is 0 Å². The number of hydrogen-bond acceptors (Lipinski definition) is 3. The number of rotatable bonds is 4. The summed E-state index contributed by atoms with van der Waals surface area (Å²) in [5.41, 5.74) is 5.70. The maximum atomic E-state index is 11.7. The van der Waals surface area contributed by atoms with Gasteiger partial charge in [-0.15, -0.1) is 0 Å². The molecular formula is C9H12ClIN2O2S. The molecule has 1 aromatic carbocycles. The van der Waals surface area contributed by atoms with Gasteiger partial charge >= 0.3 is 0 Å². The van der Waals surface area contributed by atoms with Crippen molar-refractivity contribution < 1.29 is 8.42 Å². The highest BCUT2D eigenvalue weighted by Gasteiger charge is 2.19. The van der Waals surface area contributed by atoms with Gasteiger partial charge in [-0.1, -0.05) is 11.6 Å². The molecule has 3 N–H and O–H groups in total. The lowest BCUT2D eigenvalue weighted by Gasteiger charge is -2.13. The Labute approximate surface area is 114 Å². The van der Waals surface area contributed by atoms with Gasteiger partial charge in [0, 0.05) is 10.1 Å². The van der Waals surface area contributed by atoms with Gasteiger partial charge in [-0.25, -0.2) is 8.42 Å². The molecule has 0 aliphatic heterocycles. The summed E-state index contributed by atoms with van der Waals surface area (Å²) in [4.78, 5) is 0. The third-order valence-electron chi connectivity index (χ3n) is 2.04. The van der Waals surface area contributed by atoms with Crippen LogP contribution in [0.25, 0.3) is 0 Å². The Balaban J connectivity index is 2.97. The Morgan fingerprint density at radius 2 is 2.19 bits per heavy atom. The summed E-state index contributed by atoms with van der Waals surface area (Å²) in [7, 11) is -3.46. The van der Waals surface area contributed by atoms with Crippen molar-refractivity contribution >= 4 is 49.9 Å².